The largest absolute Gasteiger partial charge is 0.383 e. The molecule has 0 aliphatic heterocycles. The molecule has 3 rings (SSSR count). The maximum atomic E-state index is 13.3. The predicted octanol–water partition coefficient (Wildman–Crippen LogP) is 4.95. The molecular formula is C14H10BrClFN3S. The third kappa shape index (κ3) is 2.47. The molecule has 0 fully saturated rings. The van der Waals surface area contributed by atoms with E-state index in [2.05, 4.69) is 21.0 Å². The van der Waals surface area contributed by atoms with E-state index in [0.29, 0.717) is 22.0 Å². The van der Waals surface area contributed by atoms with E-state index in [1.807, 2.05) is 11.4 Å². The first-order chi connectivity index (χ1) is 9.99. The van der Waals surface area contributed by atoms with Gasteiger partial charge >= 0.3 is 0 Å². The van der Waals surface area contributed by atoms with Gasteiger partial charge in [-0.3, -0.25) is 4.68 Å². The minimum atomic E-state index is -0.384. The highest BCUT2D eigenvalue weighted by Gasteiger charge is 2.21. The van der Waals surface area contributed by atoms with E-state index >= 15 is 0 Å². The number of halogens is 3. The molecule has 2 aromatic heterocycles. The van der Waals surface area contributed by atoms with Crippen LogP contribution in [0.5, 0.6) is 0 Å². The summed E-state index contributed by atoms with van der Waals surface area (Å²) >= 11 is 11.2. The molecule has 2 heterocycles. The molecule has 0 aliphatic rings. The molecule has 2 N–H and O–H groups in total. The second kappa shape index (κ2) is 5.44. The number of aryl methyl sites for hydroxylation is 1. The zero-order chi connectivity index (χ0) is 15.1. The lowest BCUT2D eigenvalue weighted by atomic mass is 10.0. The highest BCUT2D eigenvalue weighted by Crippen LogP contribution is 2.43. The highest BCUT2D eigenvalue weighted by atomic mass is 79.9. The molecule has 7 heteroatoms. The molecule has 1 aromatic carbocycles. The number of hydrogen-bond donors (Lipinski definition) is 1. The number of benzene rings is 1. The number of nitrogens with zero attached hydrogens (tertiary/aromatic N) is 2. The van der Waals surface area contributed by atoms with Gasteiger partial charge in [-0.1, -0.05) is 11.6 Å². The van der Waals surface area contributed by atoms with Crippen molar-refractivity contribution in [3.63, 3.8) is 0 Å². The summed E-state index contributed by atoms with van der Waals surface area (Å²) in [5.41, 5.74) is 8.24. The Hall–Kier alpha value is -1.37. The van der Waals surface area contributed by atoms with Crippen LogP contribution in [0.25, 0.3) is 21.7 Å². The lowest BCUT2D eigenvalue weighted by Crippen LogP contribution is -1.98. The molecule has 0 saturated heterocycles. The van der Waals surface area contributed by atoms with Gasteiger partial charge in [0.15, 0.2) is 0 Å². The summed E-state index contributed by atoms with van der Waals surface area (Å²) in [7, 11) is 1.77. The Morgan fingerprint density at radius 2 is 2.14 bits per heavy atom. The quantitative estimate of drug-likeness (QED) is 0.677. The Labute approximate surface area is 138 Å². The van der Waals surface area contributed by atoms with Crippen molar-refractivity contribution in [2.45, 2.75) is 0 Å². The third-order valence-electron chi connectivity index (χ3n) is 3.12. The van der Waals surface area contributed by atoms with Gasteiger partial charge in [0.25, 0.3) is 0 Å². The standard InChI is InChI=1S/C14H10BrClFN3S/c1-20-14(18)11(8-3-2-7(17)6-10(8)16)12(19-20)13-9(15)4-5-21-13/h2-6H,18H2,1H3. The number of thiophene rings is 1. The molecule has 0 unspecified atom stereocenters. The Morgan fingerprint density at radius 3 is 2.76 bits per heavy atom. The lowest BCUT2D eigenvalue weighted by Gasteiger charge is -2.06. The molecule has 3 nitrogen and oxygen atoms in total. The Morgan fingerprint density at radius 1 is 1.38 bits per heavy atom. The number of hydrogen-bond acceptors (Lipinski definition) is 3. The minimum absolute atomic E-state index is 0.309. The van der Waals surface area contributed by atoms with E-state index in [-0.39, 0.29) is 5.82 Å². The molecule has 0 aliphatic carbocycles. The average molecular weight is 387 g/mol. The first-order valence-corrected chi connectivity index (χ1v) is 8.05. The molecule has 0 atom stereocenters. The van der Waals surface area contributed by atoms with Crippen LogP contribution >= 0.6 is 38.9 Å². The Balaban J connectivity index is 2.30. The Bertz CT molecular complexity index is 828. The normalized spacial score (nSPS) is 11.0. The number of nitrogen functional groups attached to an aromatic ring is 1. The molecular weight excluding hydrogens is 377 g/mol. The van der Waals surface area contributed by atoms with Gasteiger partial charge in [-0.2, -0.15) is 5.10 Å². The molecule has 0 amide bonds. The van der Waals surface area contributed by atoms with Crippen LogP contribution in [0.4, 0.5) is 10.2 Å². The van der Waals surface area contributed by atoms with Crippen LogP contribution in [0, 0.1) is 5.82 Å². The Kier molecular flexibility index (Phi) is 3.77. The fourth-order valence-corrected chi connectivity index (χ4v) is 3.93. The maximum absolute atomic E-state index is 13.3. The third-order valence-corrected chi connectivity index (χ3v) is 5.28. The number of anilines is 1. The van der Waals surface area contributed by atoms with Gasteiger partial charge in [0.05, 0.1) is 15.5 Å². The van der Waals surface area contributed by atoms with E-state index in [1.54, 1.807) is 29.1 Å². The van der Waals surface area contributed by atoms with Crippen LogP contribution in [0.15, 0.2) is 34.1 Å². The maximum Gasteiger partial charge on any atom is 0.130 e. The van der Waals surface area contributed by atoms with Crippen molar-refractivity contribution in [1.29, 1.82) is 0 Å². The van der Waals surface area contributed by atoms with Gasteiger partial charge in [-0.15, -0.1) is 11.3 Å². The SMILES string of the molecule is Cn1nc(-c2sccc2Br)c(-c2ccc(F)cc2Cl)c1N. The van der Waals surface area contributed by atoms with Crippen LogP contribution in [-0.2, 0) is 7.05 Å². The predicted molar refractivity (Wildman–Crippen MR) is 89.0 cm³/mol. The van der Waals surface area contributed by atoms with E-state index in [0.717, 1.165) is 15.0 Å². The monoisotopic (exact) mass is 385 g/mol. The van der Waals surface area contributed by atoms with Crippen LogP contribution in [0.1, 0.15) is 0 Å². The van der Waals surface area contributed by atoms with E-state index in [4.69, 9.17) is 17.3 Å². The van der Waals surface area contributed by atoms with Gasteiger partial charge < -0.3 is 5.73 Å². The number of nitrogens with two attached hydrogens (primary N) is 1. The second-order valence-electron chi connectivity index (χ2n) is 4.45. The van der Waals surface area contributed by atoms with Crippen LogP contribution < -0.4 is 5.73 Å². The summed E-state index contributed by atoms with van der Waals surface area (Å²) in [6.07, 6.45) is 0. The van der Waals surface area contributed by atoms with Gasteiger partial charge in [-0.25, -0.2) is 4.39 Å². The van der Waals surface area contributed by atoms with Gasteiger partial charge in [0.2, 0.25) is 0 Å². The average Bonchev–Trinajstić information content (AvgIpc) is 2.96. The smallest absolute Gasteiger partial charge is 0.130 e. The van der Waals surface area contributed by atoms with E-state index in [9.17, 15) is 4.39 Å². The topological polar surface area (TPSA) is 43.8 Å². The van der Waals surface area contributed by atoms with Gasteiger partial charge in [0, 0.05) is 17.1 Å². The minimum Gasteiger partial charge on any atom is -0.383 e. The zero-order valence-corrected chi connectivity index (χ0v) is 14.1. The van der Waals surface area contributed by atoms with E-state index in [1.165, 1.54) is 12.1 Å². The summed E-state index contributed by atoms with van der Waals surface area (Å²) in [6, 6.07) is 6.20. The molecule has 3 aromatic rings. The van der Waals surface area contributed by atoms with Crippen molar-refractivity contribution in [3.05, 3.63) is 45.0 Å². The van der Waals surface area contributed by atoms with Crippen LogP contribution in [0.3, 0.4) is 0 Å². The zero-order valence-electron chi connectivity index (χ0n) is 10.9. The van der Waals surface area contributed by atoms with Crippen LogP contribution in [0.2, 0.25) is 5.02 Å². The summed E-state index contributed by atoms with van der Waals surface area (Å²) in [5.74, 6) is 0.101. The van der Waals surface area contributed by atoms with Crippen molar-refractivity contribution >= 4 is 44.7 Å². The number of aromatic nitrogens is 2. The van der Waals surface area contributed by atoms with Crippen molar-refractivity contribution in [2.24, 2.45) is 7.05 Å². The summed E-state index contributed by atoms with van der Waals surface area (Å²) in [5, 5.41) is 6.74. The molecule has 108 valence electrons. The van der Waals surface area contributed by atoms with Crippen molar-refractivity contribution in [1.82, 2.24) is 9.78 Å². The molecule has 0 bridgehead atoms. The first-order valence-electron chi connectivity index (χ1n) is 6.00. The van der Waals surface area contributed by atoms with Crippen molar-refractivity contribution < 1.29 is 4.39 Å². The van der Waals surface area contributed by atoms with E-state index < -0.39 is 0 Å². The van der Waals surface area contributed by atoms with Crippen molar-refractivity contribution in [2.75, 3.05) is 5.73 Å². The summed E-state index contributed by atoms with van der Waals surface area (Å²) in [4.78, 5) is 0.956. The van der Waals surface area contributed by atoms with Gasteiger partial charge in [-0.05, 0) is 45.6 Å². The summed E-state index contributed by atoms with van der Waals surface area (Å²) in [6.45, 7) is 0. The molecule has 0 saturated carbocycles. The molecule has 0 radical (unpaired) electrons. The number of rotatable bonds is 2. The summed E-state index contributed by atoms with van der Waals surface area (Å²) < 4.78 is 15.8. The first kappa shape index (κ1) is 14.6. The lowest BCUT2D eigenvalue weighted by molar-refractivity contribution is 0.628. The van der Waals surface area contributed by atoms with Gasteiger partial charge in [0.1, 0.15) is 17.3 Å². The fourth-order valence-electron chi connectivity index (χ4n) is 2.12. The fraction of sp³-hybridized carbons (Fsp3) is 0.0714. The van der Waals surface area contributed by atoms with Crippen LogP contribution in [-0.4, -0.2) is 9.78 Å². The van der Waals surface area contributed by atoms with Crippen molar-refractivity contribution in [3.8, 4) is 21.7 Å². The molecule has 21 heavy (non-hydrogen) atoms. The molecule has 0 spiro atoms. The second-order valence-corrected chi connectivity index (χ2v) is 6.63. The highest BCUT2D eigenvalue weighted by molar-refractivity contribution is 9.10.